The van der Waals surface area contributed by atoms with E-state index in [1.165, 1.54) is 24.3 Å². The van der Waals surface area contributed by atoms with Gasteiger partial charge < -0.3 is 10.1 Å². The highest BCUT2D eigenvalue weighted by Gasteiger charge is 2.16. The van der Waals surface area contributed by atoms with E-state index in [4.69, 9.17) is 16.3 Å². The van der Waals surface area contributed by atoms with Crippen LogP contribution in [-0.2, 0) is 14.8 Å². The van der Waals surface area contributed by atoms with Crippen LogP contribution in [0.3, 0.4) is 0 Å². The minimum Gasteiger partial charge on any atom is -0.482 e. The number of nitrogens with one attached hydrogen (secondary N) is 2. The number of carbonyl (C=O) groups excluding carboxylic acids is 1. The maximum atomic E-state index is 12.6. The van der Waals surface area contributed by atoms with Gasteiger partial charge in [0.05, 0.1) is 9.92 Å². The number of aromatic nitrogens is 2. The lowest BCUT2D eigenvalue weighted by atomic mass is 10.3. The summed E-state index contributed by atoms with van der Waals surface area (Å²) in [5, 5.41) is 3.00. The monoisotopic (exact) mass is 524 g/mol. The first kappa shape index (κ1) is 23.0. The van der Waals surface area contributed by atoms with Crippen molar-refractivity contribution in [1.29, 1.82) is 0 Å². The van der Waals surface area contributed by atoms with Crippen molar-refractivity contribution in [1.82, 2.24) is 9.97 Å². The van der Waals surface area contributed by atoms with E-state index in [0.717, 1.165) is 4.47 Å². The first-order valence-electron chi connectivity index (χ1n) is 8.95. The Hall–Kier alpha value is -2.69. The molecule has 0 aliphatic rings. The Morgan fingerprint density at radius 2 is 1.71 bits per heavy atom. The molecule has 3 aromatic rings. The average molecular weight is 526 g/mol. The van der Waals surface area contributed by atoms with Crippen molar-refractivity contribution in [2.45, 2.75) is 18.7 Å². The van der Waals surface area contributed by atoms with Gasteiger partial charge in [-0.3, -0.25) is 4.79 Å². The van der Waals surface area contributed by atoms with E-state index in [9.17, 15) is 13.2 Å². The molecule has 1 aromatic heterocycles. The van der Waals surface area contributed by atoms with Crippen molar-refractivity contribution in [3.8, 4) is 5.75 Å². The second-order valence-corrected chi connectivity index (χ2v) is 9.52. The molecule has 2 N–H and O–H groups in total. The standard InChI is InChI=1S/C20H18BrClN4O4S/c1-12-9-13(2)24-20(23-12)26-31(28,29)16-6-4-15(5-7-16)25-19(27)11-30-18-8-3-14(21)10-17(18)22/h3-10H,11H2,1-2H3,(H,25,27)(H,23,24,26). The summed E-state index contributed by atoms with van der Waals surface area (Å²) in [5.41, 5.74) is 1.71. The first-order valence-corrected chi connectivity index (χ1v) is 11.6. The quantitative estimate of drug-likeness (QED) is 0.475. The van der Waals surface area contributed by atoms with Crippen LogP contribution in [0.25, 0.3) is 0 Å². The molecule has 11 heteroatoms. The Morgan fingerprint density at radius 1 is 1.06 bits per heavy atom. The third kappa shape index (κ3) is 6.39. The number of aryl methyl sites for hydroxylation is 2. The number of amides is 1. The summed E-state index contributed by atoms with van der Waals surface area (Å²) >= 11 is 9.34. The summed E-state index contributed by atoms with van der Waals surface area (Å²) in [6.07, 6.45) is 0. The summed E-state index contributed by atoms with van der Waals surface area (Å²) in [7, 11) is -3.88. The lowest BCUT2D eigenvalue weighted by Gasteiger charge is -2.10. The Kier molecular flexibility index (Phi) is 7.14. The van der Waals surface area contributed by atoms with Crippen molar-refractivity contribution in [3.05, 3.63) is 69.4 Å². The van der Waals surface area contributed by atoms with Gasteiger partial charge in [0.2, 0.25) is 5.95 Å². The van der Waals surface area contributed by atoms with Gasteiger partial charge in [-0.15, -0.1) is 0 Å². The molecule has 31 heavy (non-hydrogen) atoms. The molecule has 0 saturated carbocycles. The van der Waals surface area contributed by atoms with Crippen molar-refractivity contribution in [3.63, 3.8) is 0 Å². The Balaban J connectivity index is 1.61. The molecule has 0 aliphatic carbocycles. The van der Waals surface area contributed by atoms with Gasteiger partial charge in [0.1, 0.15) is 5.75 Å². The summed E-state index contributed by atoms with van der Waals surface area (Å²) in [6, 6.07) is 12.5. The van der Waals surface area contributed by atoms with Crippen LogP contribution in [0.15, 0.2) is 57.9 Å². The summed E-state index contributed by atoms with van der Waals surface area (Å²) in [4.78, 5) is 20.3. The van der Waals surface area contributed by atoms with Crippen molar-refractivity contribution >= 4 is 55.1 Å². The maximum absolute atomic E-state index is 12.6. The predicted octanol–water partition coefficient (Wildman–Crippen LogP) is 4.33. The zero-order valence-corrected chi connectivity index (χ0v) is 19.7. The van der Waals surface area contributed by atoms with E-state index in [2.05, 4.69) is 35.9 Å². The van der Waals surface area contributed by atoms with Gasteiger partial charge in [0, 0.05) is 21.5 Å². The largest absolute Gasteiger partial charge is 0.482 e. The fraction of sp³-hybridized carbons (Fsp3) is 0.150. The van der Waals surface area contributed by atoms with Crippen LogP contribution in [0.5, 0.6) is 5.75 Å². The zero-order chi connectivity index (χ0) is 22.6. The fourth-order valence-corrected chi connectivity index (χ4v) is 4.27. The number of sulfonamides is 1. The second kappa shape index (κ2) is 9.63. The van der Waals surface area contributed by atoms with Gasteiger partial charge in [0.25, 0.3) is 15.9 Å². The third-order valence-electron chi connectivity index (χ3n) is 3.91. The number of benzene rings is 2. The molecule has 1 heterocycles. The van der Waals surface area contributed by atoms with Crippen LogP contribution in [0.1, 0.15) is 11.4 Å². The van der Waals surface area contributed by atoms with Crippen molar-refractivity contribution in [2.75, 3.05) is 16.6 Å². The second-order valence-electron chi connectivity index (χ2n) is 6.52. The molecular formula is C20H18BrClN4O4S. The molecule has 0 bridgehead atoms. The smallest absolute Gasteiger partial charge is 0.264 e. The van der Waals surface area contributed by atoms with Gasteiger partial charge in [-0.25, -0.2) is 23.1 Å². The summed E-state index contributed by atoms with van der Waals surface area (Å²) < 4.78 is 33.7. The Morgan fingerprint density at radius 3 is 2.32 bits per heavy atom. The average Bonchev–Trinajstić information content (AvgIpc) is 2.66. The van der Waals surface area contributed by atoms with Gasteiger partial charge in [0.15, 0.2) is 6.61 Å². The lowest BCUT2D eigenvalue weighted by Crippen LogP contribution is -2.20. The van der Waals surface area contributed by atoms with Gasteiger partial charge >= 0.3 is 0 Å². The maximum Gasteiger partial charge on any atom is 0.264 e. The number of halogens is 2. The lowest BCUT2D eigenvalue weighted by molar-refractivity contribution is -0.118. The minimum absolute atomic E-state index is 0.00127. The molecule has 0 fully saturated rings. The number of carbonyl (C=O) groups is 1. The van der Waals surface area contributed by atoms with Crippen LogP contribution >= 0.6 is 27.5 Å². The summed E-state index contributed by atoms with van der Waals surface area (Å²) in [6.45, 7) is 3.24. The van der Waals surface area contributed by atoms with Crippen LogP contribution in [0.4, 0.5) is 11.6 Å². The van der Waals surface area contributed by atoms with E-state index < -0.39 is 15.9 Å². The fourth-order valence-electron chi connectivity index (χ4n) is 2.60. The molecule has 0 spiro atoms. The van der Waals surface area contributed by atoms with Crippen LogP contribution < -0.4 is 14.8 Å². The molecule has 2 aromatic carbocycles. The van der Waals surface area contributed by atoms with Gasteiger partial charge in [-0.1, -0.05) is 27.5 Å². The molecule has 0 saturated heterocycles. The molecule has 1 amide bonds. The molecule has 0 atom stereocenters. The molecule has 3 rings (SSSR count). The third-order valence-corrected chi connectivity index (χ3v) is 6.04. The normalized spacial score (nSPS) is 11.1. The van der Waals surface area contributed by atoms with E-state index in [1.54, 1.807) is 38.1 Å². The molecule has 0 radical (unpaired) electrons. The molecular weight excluding hydrogens is 508 g/mol. The van der Waals surface area contributed by atoms with Crippen LogP contribution in [0, 0.1) is 13.8 Å². The van der Waals surface area contributed by atoms with Crippen molar-refractivity contribution in [2.24, 2.45) is 0 Å². The SMILES string of the molecule is Cc1cc(C)nc(NS(=O)(=O)c2ccc(NC(=O)COc3ccc(Br)cc3Cl)cc2)n1. The highest BCUT2D eigenvalue weighted by Crippen LogP contribution is 2.27. The van der Waals surface area contributed by atoms with Crippen LogP contribution in [0.2, 0.25) is 5.02 Å². The number of rotatable bonds is 7. The number of ether oxygens (including phenoxy) is 1. The zero-order valence-electron chi connectivity index (χ0n) is 16.5. The molecule has 0 aliphatic heterocycles. The van der Waals surface area contributed by atoms with E-state index in [1.807, 2.05) is 0 Å². The number of nitrogens with zero attached hydrogens (tertiary/aromatic N) is 2. The highest BCUT2D eigenvalue weighted by molar-refractivity contribution is 9.10. The highest BCUT2D eigenvalue weighted by atomic mass is 79.9. The van der Waals surface area contributed by atoms with Gasteiger partial charge in [-0.05, 0) is 62.4 Å². The van der Waals surface area contributed by atoms with E-state index in [0.29, 0.717) is 27.8 Å². The minimum atomic E-state index is -3.88. The molecule has 0 unspecified atom stereocenters. The molecule has 162 valence electrons. The number of hydrogen-bond donors (Lipinski definition) is 2. The predicted molar refractivity (Wildman–Crippen MR) is 122 cm³/mol. The number of hydrogen-bond acceptors (Lipinski definition) is 6. The molecule has 8 nitrogen and oxygen atoms in total. The van der Waals surface area contributed by atoms with E-state index >= 15 is 0 Å². The van der Waals surface area contributed by atoms with Crippen LogP contribution in [-0.4, -0.2) is 30.9 Å². The van der Waals surface area contributed by atoms with Gasteiger partial charge in [-0.2, -0.15) is 0 Å². The first-order chi connectivity index (χ1) is 14.6. The Bertz CT molecular complexity index is 1200. The van der Waals surface area contributed by atoms with Crippen molar-refractivity contribution < 1.29 is 17.9 Å². The number of anilines is 2. The Labute approximate surface area is 193 Å². The summed E-state index contributed by atoms with van der Waals surface area (Å²) in [5.74, 6) is -0.0453. The topological polar surface area (TPSA) is 110 Å². The van der Waals surface area contributed by atoms with E-state index in [-0.39, 0.29) is 17.5 Å².